The predicted octanol–water partition coefficient (Wildman–Crippen LogP) is 4.44. The number of aryl methyl sites for hydroxylation is 2. The first kappa shape index (κ1) is 18.9. The number of aromatic nitrogens is 2. The molecule has 2 aromatic heterocycles. The molecule has 1 amide bonds. The van der Waals surface area contributed by atoms with Crippen LogP contribution in [0.1, 0.15) is 52.9 Å². The number of benzene rings is 1. The number of amides is 1. The van der Waals surface area contributed by atoms with Gasteiger partial charge in [0.1, 0.15) is 11.6 Å². The third kappa shape index (κ3) is 3.61. The number of anilines is 1. The second kappa shape index (κ2) is 7.51. The number of thiophene rings is 1. The molecule has 28 heavy (non-hydrogen) atoms. The van der Waals surface area contributed by atoms with E-state index in [-0.39, 0.29) is 11.9 Å². The molecule has 146 valence electrons. The summed E-state index contributed by atoms with van der Waals surface area (Å²) in [6.07, 6.45) is 1.02. The molecule has 0 saturated carbocycles. The summed E-state index contributed by atoms with van der Waals surface area (Å²) in [6.45, 7) is 9.76. The fourth-order valence-electron chi connectivity index (χ4n) is 4.03. The monoisotopic (exact) mass is 394 g/mol. The molecule has 1 aromatic carbocycles. The van der Waals surface area contributed by atoms with Gasteiger partial charge in [-0.15, -0.1) is 11.3 Å². The summed E-state index contributed by atoms with van der Waals surface area (Å²) in [5.41, 5.74) is 2.19. The van der Waals surface area contributed by atoms with Crippen LogP contribution in [0.25, 0.3) is 10.1 Å². The van der Waals surface area contributed by atoms with Crippen molar-refractivity contribution in [1.82, 2.24) is 15.3 Å². The molecule has 3 aromatic rings. The van der Waals surface area contributed by atoms with Gasteiger partial charge in [0.05, 0.1) is 4.88 Å². The summed E-state index contributed by atoms with van der Waals surface area (Å²) in [4.78, 5) is 25.1. The number of carbonyl (C=O) groups excluding carboxylic acids is 1. The number of nitrogens with zero attached hydrogens (tertiary/aromatic N) is 3. The molecular formula is C22H26N4OS. The van der Waals surface area contributed by atoms with Crippen LogP contribution < -0.4 is 10.2 Å². The summed E-state index contributed by atoms with van der Waals surface area (Å²) in [5.74, 6) is 2.15. The van der Waals surface area contributed by atoms with Crippen LogP contribution in [0.2, 0.25) is 0 Å². The highest BCUT2D eigenvalue weighted by molar-refractivity contribution is 7.21. The van der Waals surface area contributed by atoms with Gasteiger partial charge in [0.2, 0.25) is 0 Å². The normalized spacial score (nSPS) is 16.9. The van der Waals surface area contributed by atoms with Gasteiger partial charge < -0.3 is 10.2 Å². The molecule has 5 nitrogen and oxygen atoms in total. The molecule has 0 aliphatic carbocycles. The minimum absolute atomic E-state index is 0.0402. The fraction of sp³-hybridized carbons (Fsp3) is 0.409. The molecule has 1 unspecified atom stereocenters. The lowest BCUT2D eigenvalue weighted by atomic mass is 9.95. The van der Waals surface area contributed by atoms with Crippen molar-refractivity contribution < 1.29 is 4.79 Å². The Balaban J connectivity index is 1.70. The summed E-state index contributed by atoms with van der Waals surface area (Å²) in [5, 5.41) is 4.29. The topological polar surface area (TPSA) is 58.1 Å². The molecule has 1 atom stereocenters. The van der Waals surface area contributed by atoms with Gasteiger partial charge in [-0.3, -0.25) is 4.79 Å². The highest BCUT2D eigenvalue weighted by Crippen LogP contribution is 2.40. The highest BCUT2D eigenvalue weighted by Gasteiger charge is 2.31. The molecular weight excluding hydrogens is 368 g/mol. The largest absolute Gasteiger partial charge is 0.356 e. The minimum atomic E-state index is 0.0402. The molecule has 1 saturated heterocycles. The maximum absolute atomic E-state index is 12.9. The third-order valence-corrected chi connectivity index (χ3v) is 6.32. The van der Waals surface area contributed by atoms with Crippen molar-refractivity contribution in [2.45, 2.75) is 46.1 Å². The molecule has 4 rings (SSSR count). The zero-order valence-electron chi connectivity index (χ0n) is 16.8. The first-order chi connectivity index (χ1) is 13.4. The molecule has 1 aliphatic heterocycles. The van der Waals surface area contributed by atoms with Crippen LogP contribution in [0.4, 0.5) is 5.82 Å². The van der Waals surface area contributed by atoms with Crippen molar-refractivity contribution in [2.24, 2.45) is 0 Å². The lowest BCUT2D eigenvalue weighted by Gasteiger charge is -2.19. The second-order valence-electron chi connectivity index (χ2n) is 7.82. The van der Waals surface area contributed by atoms with E-state index in [0.717, 1.165) is 41.7 Å². The highest BCUT2D eigenvalue weighted by atomic mass is 32.1. The van der Waals surface area contributed by atoms with Gasteiger partial charge in [0.25, 0.3) is 5.91 Å². The van der Waals surface area contributed by atoms with Crippen LogP contribution in [0.3, 0.4) is 0 Å². The fourth-order valence-corrected chi connectivity index (χ4v) is 5.22. The average molecular weight is 395 g/mol. The molecule has 0 spiro atoms. The summed E-state index contributed by atoms with van der Waals surface area (Å²) < 4.78 is 1.18. The lowest BCUT2D eigenvalue weighted by molar-refractivity contribution is 0.0946. The van der Waals surface area contributed by atoms with Crippen molar-refractivity contribution in [3.63, 3.8) is 0 Å². The summed E-state index contributed by atoms with van der Waals surface area (Å²) in [6, 6.07) is 10.5. The van der Waals surface area contributed by atoms with Crippen LogP contribution in [-0.2, 0) is 0 Å². The number of nitrogens with one attached hydrogen (secondary N) is 1. The van der Waals surface area contributed by atoms with Crippen LogP contribution in [0, 0.1) is 13.8 Å². The number of rotatable bonds is 4. The Morgan fingerprint density at radius 2 is 2.04 bits per heavy atom. The van der Waals surface area contributed by atoms with Crippen molar-refractivity contribution in [1.29, 1.82) is 0 Å². The molecule has 0 radical (unpaired) electrons. The Morgan fingerprint density at radius 1 is 1.25 bits per heavy atom. The van der Waals surface area contributed by atoms with Gasteiger partial charge in [-0.1, -0.05) is 18.2 Å². The van der Waals surface area contributed by atoms with Gasteiger partial charge in [0.15, 0.2) is 0 Å². The van der Waals surface area contributed by atoms with Crippen LogP contribution in [0.5, 0.6) is 0 Å². The summed E-state index contributed by atoms with van der Waals surface area (Å²) in [7, 11) is 0. The second-order valence-corrected chi connectivity index (χ2v) is 8.87. The van der Waals surface area contributed by atoms with Crippen LogP contribution >= 0.6 is 11.3 Å². The van der Waals surface area contributed by atoms with E-state index in [1.807, 2.05) is 39.8 Å². The van der Waals surface area contributed by atoms with Gasteiger partial charge in [-0.05, 0) is 51.1 Å². The van der Waals surface area contributed by atoms with E-state index < -0.39 is 0 Å². The van der Waals surface area contributed by atoms with Crippen molar-refractivity contribution in [3.8, 4) is 0 Å². The van der Waals surface area contributed by atoms with Crippen molar-refractivity contribution in [3.05, 3.63) is 52.3 Å². The predicted molar refractivity (Wildman–Crippen MR) is 116 cm³/mol. The Bertz CT molecular complexity index is 1010. The maximum Gasteiger partial charge on any atom is 0.261 e. The Hall–Kier alpha value is -2.47. The number of hydrogen-bond acceptors (Lipinski definition) is 5. The van der Waals surface area contributed by atoms with E-state index in [0.29, 0.717) is 5.92 Å². The molecule has 6 heteroatoms. The number of hydrogen-bond donors (Lipinski definition) is 1. The van der Waals surface area contributed by atoms with Gasteiger partial charge in [-0.2, -0.15) is 0 Å². The Kier molecular flexibility index (Phi) is 5.06. The van der Waals surface area contributed by atoms with Crippen molar-refractivity contribution >= 4 is 33.1 Å². The van der Waals surface area contributed by atoms with E-state index in [4.69, 9.17) is 0 Å². The zero-order chi connectivity index (χ0) is 19.8. The zero-order valence-corrected chi connectivity index (χ0v) is 17.6. The van der Waals surface area contributed by atoms with Gasteiger partial charge in [-0.25, -0.2) is 9.97 Å². The maximum atomic E-state index is 12.9. The molecule has 1 N–H and O–H groups in total. The SMILES string of the molecule is Cc1cc(N2CCC(c3c(C(=O)NC(C)C)sc4ccccc34)C2)nc(C)n1. The third-order valence-electron chi connectivity index (χ3n) is 5.13. The minimum Gasteiger partial charge on any atom is -0.356 e. The quantitative estimate of drug-likeness (QED) is 0.711. The first-order valence-corrected chi connectivity index (χ1v) is 10.6. The number of carbonyl (C=O) groups is 1. The van der Waals surface area contributed by atoms with E-state index in [9.17, 15) is 4.79 Å². The Labute approximate surface area is 169 Å². The number of fused-ring (bicyclic) bond motifs is 1. The van der Waals surface area contributed by atoms with Gasteiger partial charge >= 0.3 is 0 Å². The summed E-state index contributed by atoms with van der Waals surface area (Å²) >= 11 is 1.61. The van der Waals surface area contributed by atoms with Crippen LogP contribution in [-0.4, -0.2) is 35.0 Å². The van der Waals surface area contributed by atoms with Gasteiger partial charge in [0, 0.05) is 41.5 Å². The molecule has 1 fully saturated rings. The van der Waals surface area contributed by atoms with E-state index in [1.54, 1.807) is 11.3 Å². The molecule has 1 aliphatic rings. The lowest BCUT2D eigenvalue weighted by Crippen LogP contribution is -2.30. The van der Waals surface area contributed by atoms with E-state index in [2.05, 4.69) is 38.4 Å². The smallest absolute Gasteiger partial charge is 0.261 e. The standard InChI is InChI=1S/C22H26N4OS/c1-13(2)23-22(27)21-20(17-7-5-6-8-18(17)28-21)16-9-10-26(12-16)19-11-14(3)24-15(4)25-19/h5-8,11,13,16H,9-10,12H2,1-4H3,(H,23,27). The first-order valence-electron chi connectivity index (χ1n) is 9.82. The average Bonchev–Trinajstić information content (AvgIpc) is 3.24. The van der Waals surface area contributed by atoms with E-state index >= 15 is 0 Å². The van der Waals surface area contributed by atoms with Crippen molar-refractivity contribution in [2.75, 3.05) is 18.0 Å². The molecule has 0 bridgehead atoms. The van der Waals surface area contributed by atoms with Crippen LogP contribution in [0.15, 0.2) is 30.3 Å². The molecule has 3 heterocycles. The Morgan fingerprint density at radius 3 is 2.79 bits per heavy atom. The van der Waals surface area contributed by atoms with E-state index in [1.165, 1.54) is 15.6 Å².